The Bertz CT molecular complexity index is 564. The van der Waals surface area contributed by atoms with Crippen molar-refractivity contribution in [1.82, 2.24) is 5.32 Å². The highest BCUT2D eigenvalue weighted by atomic mass is 16.6. The molecule has 0 saturated heterocycles. The van der Waals surface area contributed by atoms with Gasteiger partial charge in [-0.25, -0.2) is 4.79 Å². The number of esters is 1. The van der Waals surface area contributed by atoms with Crippen LogP contribution in [0.1, 0.15) is 23.4 Å². The molecule has 1 aromatic rings. The molecule has 10 nitrogen and oxygen atoms in total. The number of carboxylic acids is 1. The topological polar surface area (TPSA) is 149 Å². The fourth-order valence-corrected chi connectivity index (χ4v) is 1.40. The summed E-state index contributed by atoms with van der Waals surface area (Å²) in [5.74, 6) is -3.94. The summed E-state index contributed by atoms with van der Waals surface area (Å²) in [4.78, 5) is 43.2. The number of nitro groups is 1. The zero-order valence-electron chi connectivity index (χ0n) is 10.9. The number of carboxylic acid groups (broad SMARTS) is 1. The first-order valence-corrected chi connectivity index (χ1v) is 5.70. The molecule has 0 fully saturated rings. The zero-order valence-corrected chi connectivity index (χ0v) is 10.9. The number of aliphatic carboxylic acids is 1. The molecule has 1 rings (SSSR count). The van der Waals surface area contributed by atoms with Crippen LogP contribution in [0.25, 0.3) is 0 Å². The molecule has 1 atom stereocenters. The summed E-state index contributed by atoms with van der Waals surface area (Å²) < 4.78 is 9.00. The second-order valence-corrected chi connectivity index (χ2v) is 3.87. The van der Waals surface area contributed by atoms with Gasteiger partial charge < -0.3 is 19.6 Å². The molecule has 0 bridgehead atoms. The molecule has 1 amide bonds. The summed E-state index contributed by atoms with van der Waals surface area (Å²) >= 11 is 0. The van der Waals surface area contributed by atoms with Gasteiger partial charge in [0.25, 0.3) is 5.91 Å². The van der Waals surface area contributed by atoms with Crippen molar-refractivity contribution < 1.29 is 33.6 Å². The molecular formula is C11H12N2O8. The molecule has 0 saturated carbocycles. The van der Waals surface area contributed by atoms with Gasteiger partial charge in [-0.15, -0.1) is 0 Å². The second-order valence-electron chi connectivity index (χ2n) is 3.87. The summed E-state index contributed by atoms with van der Waals surface area (Å²) in [7, 11) is 1.15. The Morgan fingerprint density at radius 1 is 1.48 bits per heavy atom. The number of furan rings is 1. The monoisotopic (exact) mass is 300 g/mol. The third kappa shape index (κ3) is 4.60. The fourth-order valence-electron chi connectivity index (χ4n) is 1.40. The number of carbonyl (C=O) groups is 3. The Labute approximate surface area is 117 Å². The standard InChI is InChI=1S/C11H12N2O8/c1-20-9(14)5-2-6(11(16)17)12-10(15)7-3-4-8(21-7)13(18)19/h3-4,6H,2,5H2,1H3,(H,12,15)(H,16,17)/t6-/m1/s1. The SMILES string of the molecule is COC(=O)CC[C@@H](NC(=O)c1ccc([N+](=O)[O-])o1)C(=O)O. The van der Waals surface area contributed by atoms with Crippen molar-refractivity contribution in [3.63, 3.8) is 0 Å². The number of ether oxygens (including phenoxy) is 1. The van der Waals surface area contributed by atoms with E-state index in [1.54, 1.807) is 0 Å². The van der Waals surface area contributed by atoms with E-state index in [-0.39, 0.29) is 12.8 Å². The molecule has 0 aliphatic rings. The summed E-state index contributed by atoms with van der Waals surface area (Å²) in [6.07, 6.45) is -0.386. The lowest BCUT2D eigenvalue weighted by atomic mass is 10.1. The highest BCUT2D eigenvalue weighted by molar-refractivity contribution is 5.94. The number of nitrogens with zero attached hydrogens (tertiary/aromatic N) is 1. The Morgan fingerprint density at radius 2 is 2.14 bits per heavy atom. The number of carbonyl (C=O) groups excluding carboxylic acids is 2. The predicted octanol–water partition coefficient (Wildman–Crippen LogP) is 0.324. The number of hydrogen-bond acceptors (Lipinski definition) is 7. The molecule has 0 aliphatic carbocycles. The Balaban J connectivity index is 2.69. The van der Waals surface area contributed by atoms with Crippen molar-refractivity contribution in [2.24, 2.45) is 0 Å². The van der Waals surface area contributed by atoms with Crippen LogP contribution in [0, 0.1) is 10.1 Å². The van der Waals surface area contributed by atoms with Crippen LogP contribution < -0.4 is 5.32 Å². The quantitative estimate of drug-likeness (QED) is 0.415. The average molecular weight is 300 g/mol. The van der Waals surface area contributed by atoms with Gasteiger partial charge >= 0.3 is 17.8 Å². The fraction of sp³-hybridized carbons (Fsp3) is 0.364. The van der Waals surface area contributed by atoms with Crippen LogP contribution >= 0.6 is 0 Å². The molecule has 0 aromatic carbocycles. The van der Waals surface area contributed by atoms with Gasteiger partial charge in [-0.2, -0.15) is 0 Å². The minimum atomic E-state index is -1.35. The van der Waals surface area contributed by atoms with Crippen LogP contribution in [0.2, 0.25) is 0 Å². The van der Waals surface area contributed by atoms with Gasteiger partial charge in [0, 0.05) is 6.42 Å². The smallest absolute Gasteiger partial charge is 0.433 e. The lowest BCUT2D eigenvalue weighted by Crippen LogP contribution is -2.41. The van der Waals surface area contributed by atoms with Crippen LogP contribution in [0.15, 0.2) is 16.5 Å². The van der Waals surface area contributed by atoms with Gasteiger partial charge in [-0.1, -0.05) is 0 Å². The van der Waals surface area contributed by atoms with E-state index in [2.05, 4.69) is 14.5 Å². The molecule has 0 radical (unpaired) electrons. The molecule has 0 spiro atoms. The minimum Gasteiger partial charge on any atom is -0.480 e. The maximum absolute atomic E-state index is 11.7. The number of nitrogens with one attached hydrogen (secondary N) is 1. The van der Waals surface area contributed by atoms with E-state index < -0.39 is 40.5 Å². The summed E-state index contributed by atoms with van der Waals surface area (Å²) in [5.41, 5.74) is 0. The summed E-state index contributed by atoms with van der Waals surface area (Å²) in [6, 6.07) is 0.673. The maximum atomic E-state index is 11.7. The van der Waals surface area contributed by atoms with E-state index in [0.29, 0.717) is 0 Å². The van der Waals surface area contributed by atoms with Crippen molar-refractivity contribution in [2.45, 2.75) is 18.9 Å². The third-order valence-electron chi connectivity index (χ3n) is 2.46. The Morgan fingerprint density at radius 3 is 2.62 bits per heavy atom. The van der Waals surface area contributed by atoms with Crippen LogP contribution in [0.3, 0.4) is 0 Å². The predicted molar refractivity (Wildman–Crippen MR) is 65.5 cm³/mol. The summed E-state index contributed by atoms with van der Waals surface area (Å²) in [6.45, 7) is 0. The largest absolute Gasteiger partial charge is 0.480 e. The third-order valence-corrected chi connectivity index (χ3v) is 2.46. The molecule has 10 heteroatoms. The van der Waals surface area contributed by atoms with Gasteiger partial charge in [0.1, 0.15) is 11.0 Å². The van der Waals surface area contributed by atoms with E-state index in [1.807, 2.05) is 0 Å². The van der Waals surface area contributed by atoms with Crippen molar-refractivity contribution in [1.29, 1.82) is 0 Å². The first kappa shape index (κ1) is 16.1. The van der Waals surface area contributed by atoms with Crippen molar-refractivity contribution in [3.8, 4) is 0 Å². The van der Waals surface area contributed by atoms with E-state index in [4.69, 9.17) is 5.11 Å². The molecule has 0 aliphatic heterocycles. The van der Waals surface area contributed by atoms with E-state index in [1.165, 1.54) is 0 Å². The van der Waals surface area contributed by atoms with Crippen molar-refractivity contribution >= 4 is 23.7 Å². The molecule has 2 N–H and O–H groups in total. The molecule has 21 heavy (non-hydrogen) atoms. The first-order valence-electron chi connectivity index (χ1n) is 5.70. The average Bonchev–Trinajstić information content (AvgIpc) is 2.92. The lowest BCUT2D eigenvalue weighted by molar-refractivity contribution is -0.402. The maximum Gasteiger partial charge on any atom is 0.433 e. The summed E-state index contributed by atoms with van der Waals surface area (Å²) in [5, 5.41) is 21.5. The van der Waals surface area contributed by atoms with Gasteiger partial charge in [0.15, 0.2) is 5.76 Å². The number of amides is 1. The second kappa shape index (κ2) is 7.03. The van der Waals surface area contributed by atoms with Gasteiger partial charge in [-0.3, -0.25) is 19.7 Å². The molecule has 114 valence electrons. The molecule has 1 aromatic heterocycles. The van der Waals surface area contributed by atoms with Crippen LogP contribution in [-0.4, -0.2) is 41.0 Å². The molecule has 0 unspecified atom stereocenters. The minimum absolute atomic E-state index is 0.184. The number of methoxy groups -OCH3 is 1. The number of rotatable bonds is 7. The molecule has 1 heterocycles. The normalized spacial score (nSPS) is 11.5. The van der Waals surface area contributed by atoms with Gasteiger partial charge in [0.05, 0.1) is 13.2 Å². The lowest BCUT2D eigenvalue weighted by Gasteiger charge is -2.12. The van der Waals surface area contributed by atoms with E-state index in [0.717, 1.165) is 19.2 Å². The number of hydrogen-bond donors (Lipinski definition) is 2. The van der Waals surface area contributed by atoms with Crippen LogP contribution in [0.5, 0.6) is 0 Å². The van der Waals surface area contributed by atoms with Crippen molar-refractivity contribution in [3.05, 3.63) is 28.0 Å². The van der Waals surface area contributed by atoms with Crippen molar-refractivity contribution in [2.75, 3.05) is 7.11 Å². The highest BCUT2D eigenvalue weighted by Crippen LogP contribution is 2.15. The van der Waals surface area contributed by atoms with Crippen LogP contribution in [-0.2, 0) is 14.3 Å². The van der Waals surface area contributed by atoms with Gasteiger partial charge in [-0.05, 0) is 12.5 Å². The van der Waals surface area contributed by atoms with Crippen LogP contribution in [0.4, 0.5) is 5.88 Å². The van der Waals surface area contributed by atoms with E-state index >= 15 is 0 Å². The highest BCUT2D eigenvalue weighted by Gasteiger charge is 2.24. The zero-order chi connectivity index (χ0) is 16.0. The molecular weight excluding hydrogens is 288 g/mol. The van der Waals surface area contributed by atoms with Gasteiger partial charge in [0.2, 0.25) is 0 Å². The first-order chi connectivity index (χ1) is 9.85. The van der Waals surface area contributed by atoms with E-state index in [9.17, 15) is 24.5 Å². The Hall–Kier alpha value is -2.91. The Kier molecular flexibility index (Phi) is 5.40.